The van der Waals surface area contributed by atoms with Crippen LogP contribution in [0.4, 0.5) is 0 Å². The Kier molecular flexibility index (Phi) is 11.7. The minimum absolute atomic E-state index is 0.664. The van der Waals surface area contributed by atoms with Gasteiger partial charge in [0.05, 0.1) is 18.7 Å². The third kappa shape index (κ3) is 11.7. The number of H-pyrrole nitrogens is 1. The van der Waals surface area contributed by atoms with Gasteiger partial charge in [-0.2, -0.15) is 0 Å². The van der Waals surface area contributed by atoms with Gasteiger partial charge in [-0.1, -0.05) is 32.6 Å². The number of carbonyl (C=O) groups is 1. The normalized spacial score (nSPS) is 11.6. The van der Waals surface area contributed by atoms with Crippen LogP contribution in [-0.2, 0) is 16.3 Å². The summed E-state index contributed by atoms with van der Waals surface area (Å²) >= 11 is 0. The van der Waals surface area contributed by atoms with E-state index in [1.54, 1.807) is 0 Å². The van der Waals surface area contributed by atoms with E-state index in [1.165, 1.54) is 32.1 Å². The van der Waals surface area contributed by atoms with Crippen LogP contribution in [0.2, 0.25) is 0 Å². The highest BCUT2D eigenvalue weighted by molar-refractivity contribution is 5.68. The van der Waals surface area contributed by atoms with Gasteiger partial charge in [0.25, 0.3) is 0 Å². The summed E-state index contributed by atoms with van der Waals surface area (Å²) in [6.45, 7) is 4.91. The zero-order valence-corrected chi connectivity index (χ0v) is 12.4. The van der Waals surface area contributed by atoms with Crippen LogP contribution in [0.1, 0.15) is 46.0 Å². The number of nitrogens with zero attached hydrogens (tertiary/aromatic N) is 1. The molecule has 116 valence electrons. The quantitative estimate of drug-likeness (QED) is 0.507. The number of aromatic amines is 1. The first-order valence-corrected chi connectivity index (χ1v) is 7.06. The number of rotatable bonds is 9. The molecule has 6 heteroatoms. The van der Waals surface area contributed by atoms with Crippen molar-refractivity contribution in [1.29, 1.82) is 0 Å². The molecule has 0 amide bonds. The highest BCUT2D eigenvalue weighted by atomic mass is 16.5. The standard InChI is InChI=1S/C11H20N2O.C3H6O3/c1-2-3-4-5-6-9-14-11-13-8-7-12-10-13;1-2(4)3(5)6/h7-8,10H,2-6,9,11H2,1H3;2,4H,1H3,(H,5,6)/t;2-/m.0/s1. The van der Waals surface area contributed by atoms with Crippen LogP contribution in [-0.4, -0.2) is 28.8 Å². The van der Waals surface area contributed by atoms with Crippen LogP contribution in [0.5, 0.6) is 0 Å². The maximum absolute atomic E-state index is 9.34. The van der Waals surface area contributed by atoms with E-state index in [1.807, 2.05) is 23.3 Å². The lowest BCUT2D eigenvalue weighted by Crippen LogP contribution is -2.32. The van der Waals surface area contributed by atoms with Crippen molar-refractivity contribution in [3.63, 3.8) is 0 Å². The average molecular weight is 286 g/mol. The number of carboxylic acids is 1. The Morgan fingerprint density at radius 2 is 2.05 bits per heavy atom. The summed E-state index contributed by atoms with van der Waals surface area (Å²) in [4.78, 5) is 12.3. The summed E-state index contributed by atoms with van der Waals surface area (Å²) in [5.41, 5.74) is 0. The molecule has 0 aromatic carbocycles. The SMILES string of the molecule is CCCCCCCOC[n+]1cc[nH]c1.C[C@H](O)C(=O)[O-]. The minimum Gasteiger partial charge on any atom is -0.547 e. The fraction of sp³-hybridized carbons (Fsp3) is 0.714. The van der Waals surface area contributed by atoms with Crippen molar-refractivity contribution in [2.45, 2.75) is 58.8 Å². The number of carboxylic acid groups (broad SMARTS) is 1. The zero-order chi connectivity index (χ0) is 15.2. The molecule has 0 saturated heterocycles. The Hall–Kier alpha value is -1.40. The highest BCUT2D eigenvalue weighted by Gasteiger charge is 1.95. The summed E-state index contributed by atoms with van der Waals surface area (Å²) in [5.74, 6) is -1.44. The number of unbranched alkanes of at least 4 members (excludes halogenated alkanes) is 4. The molecule has 0 aliphatic rings. The number of hydrogen-bond acceptors (Lipinski definition) is 4. The van der Waals surface area contributed by atoms with Crippen LogP contribution in [0.25, 0.3) is 0 Å². The predicted molar refractivity (Wildman–Crippen MR) is 72.4 cm³/mol. The summed E-state index contributed by atoms with van der Waals surface area (Å²) in [7, 11) is 0. The molecule has 0 aliphatic carbocycles. The molecule has 0 bridgehead atoms. The maximum atomic E-state index is 9.34. The molecule has 1 rings (SSSR count). The number of aliphatic hydroxyl groups is 1. The third-order valence-corrected chi connectivity index (χ3v) is 2.58. The summed E-state index contributed by atoms with van der Waals surface area (Å²) in [5, 5.41) is 17.3. The molecule has 1 heterocycles. The number of carbonyl (C=O) groups excluding carboxylic acids is 1. The van der Waals surface area contributed by atoms with E-state index in [-0.39, 0.29) is 0 Å². The molecule has 0 saturated carbocycles. The summed E-state index contributed by atoms with van der Waals surface area (Å²) in [6, 6.07) is 0. The van der Waals surface area contributed by atoms with Gasteiger partial charge in [0.1, 0.15) is 12.4 Å². The second kappa shape index (κ2) is 12.6. The first-order valence-electron chi connectivity index (χ1n) is 7.06. The number of aliphatic hydroxyl groups excluding tert-OH is 1. The van der Waals surface area contributed by atoms with Crippen LogP contribution in [0.15, 0.2) is 18.7 Å². The molecular formula is C14H26N2O4. The van der Waals surface area contributed by atoms with Gasteiger partial charge in [-0.15, -0.1) is 0 Å². The van der Waals surface area contributed by atoms with Gasteiger partial charge >= 0.3 is 0 Å². The topological polar surface area (TPSA) is 89.3 Å². The Bertz CT molecular complexity index is 326. The largest absolute Gasteiger partial charge is 0.547 e. The van der Waals surface area contributed by atoms with Crippen LogP contribution >= 0.6 is 0 Å². The molecular weight excluding hydrogens is 260 g/mol. The molecule has 6 nitrogen and oxygen atoms in total. The van der Waals surface area contributed by atoms with E-state index in [4.69, 9.17) is 9.84 Å². The monoisotopic (exact) mass is 286 g/mol. The molecule has 1 aromatic rings. The second-order valence-corrected chi connectivity index (χ2v) is 4.57. The van der Waals surface area contributed by atoms with Crippen molar-refractivity contribution in [2.75, 3.05) is 6.61 Å². The lowest BCUT2D eigenvalue weighted by Gasteiger charge is -2.01. The first kappa shape index (κ1) is 18.6. The predicted octanol–water partition coefficient (Wildman–Crippen LogP) is 0.364. The molecule has 2 N–H and O–H groups in total. The van der Waals surface area contributed by atoms with E-state index in [0.717, 1.165) is 13.5 Å². The first-order chi connectivity index (χ1) is 9.57. The number of ether oxygens (including phenoxy) is 1. The number of nitrogens with one attached hydrogen (secondary N) is 1. The lowest BCUT2D eigenvalue weighted by atomic mass is 10.2. The van der Waals surface area contributed by atoms with Gasteiger partial charge in [-0.3, -0.25) is 4.98 Å². The van der Waals surface area contributed by atoms with Crippen LogP contribution in [0, 0.1) is 0 Å². The van der Waals surface area contributed by atoms with Crippen LogP contribution < -0.4 is 9.67 Å². The van der Waals surface area contributed by atoms with E-state index in [0.29, 0.717) is 6.73 Å². The lowest BCUT2D eigenvalue weighted by molar-refractivity contribution is -0.731. The van der Waals surface area contributed by atoms with Crippen molar-refractivity contribution in [3.8, 4) is 0 Å². The fourth-order valence-electron chi connectivity index (χ4n) is 1.38. The molecule has 1 aromatic heterocycles. The highest BCUT2D eigenvalue weighted by Crippen LogP contribution is 2.01. The third-order valence-electron chi connectivity index (χ3n) is 2.58. The molecule has 0 fully saturated rings. The van der Waals surface area contributed by atoms with Gasteiger partial charge in [-0.25, -0.2) is 4.57 Å². The molecule has 0 spiro atoms. The van der Waals surface area contributed by atoms with Gasteiger partial charge in [0.15, 0.2) is 6.73 Å². The molecule has 0 radical (unpaired) electrons. The zero-order valence-electron chi connectivity index (χ0n) is 12.4. The van der Waals surface area contributed by atoms with E-state index < -0.39 is 12.1 Å². The smallest absolute Gasteiger partial charge is 0.243 e. The van der Waals surface area contributed by atoms with E-state index in [2.05, 4.69) is 11.9 Å². The summed E-state index contributed by atoms with van der Waals surface area (Å²) in [6.07, 6.45) is 10.9. The number of hydrogen-bond donors (Lipinski definition) is 2. The molecule has 20 heavy (non-hydrogen) atoms. The van der Waals surface area contributed by atoms with Crippen molar-refractivity contribution >= 4 is 5.97 Å². The van der Waals surface area contributed by atoms with Crippen LogP contribution in [0.3, 0.4) is 0 Å². The molecule has 1 atom stereocenters. The summed E-state index contributed by atoms with van der Waals surface area (Å²) < 4.78 is 7.49. The van der Waals surface area contributed by atoms with Crippen molar-refractivity contribution in [2.24, 2.45) is 0 Å². The number of aromatic nitrogens is 2. The van der Waals surface area contributed by atoms with Crippen molar-refractivity contribution < 1.29 is 24.3 Å². The molecule has 0 aliphatic heterocycles. The minimum atomic E-state index is -1.44. The van der Waals surface area contributed by atoms with Crippen molar-refractivity contribution in [1.82, 2.24) is 4.98 Å². The number of imidazole rings is 1. The van der Waals surface area contributed by atoms with Gasteiger partial charge < -0.3 is 19.7 Å². The van der Waals surface area contributed by atoms with Gasteiger partial charge in [-0.05, 0) is 13.3 Å². The van der Waals surface area contributed by atoms with Gasteiger partial charge in [0.2, 0.25) is 6.33 Å². The number of aliphatic carboxylic acids is 1. The fourth-order valence-corrected chi connectivity index (χ4v) is 1.38. The van der Waals surface area contributed by atoms with E-state index >= 15 is 0 Å². The molecule has 0 unspecified atom stereocenters. The van der Waals surface area contributed by atoms with Gasteiger partial charge in [0, 0.05) is 0 Å². The Labute approximate surface area is 120 Å². The Balaban J connectivity index is 0.000000511. The second-order valence-electron chi connectivity index (χ2n) is 4.57. The maximum Gasteiger partial charge on any atom is 0.243 e. The average Bonchev–Trinajstić information content (AvgIpc) is 2.91. The Morgan fingerprint density at radius 3 is 2.55 bits per heavy atom. The van der Waals surface area contributed by atoms with E-state index in [9.17, 15) is 9.90 Å². The van der Waals surface area contributed by atoms with Crippen molar-refractivity contribution in [3.05, 3.63) is 18.7 Å². The Morgan fingerprint density at radius 1 is 1.40 bits per heavy atom.